The molecular formula is C8H19LiN2. The third kappa shape index (κ3) is 13.0. The van der Waals surface area contributed by atoms with Gasteiger partial charge in [-0.1, -0.05) is 0 Å². The molecule has 0 saturated carbocycles. The standard InChI is InChI=1S/C8H18N2.Li.H/c1-7(2)9-5-6-10-8(3)4;;/h5-10H,1-4H3;;/q;+1;-1/b6-5+;;. The Morgan fingerprint density at radius 2 is 1.18 bits per heavy atom. The molecule has 0 amide bonds. The first-order valence-corrected chi connectivity index (χ1v) is 3.80. The van der Waals surface area contributed by atoms with Crippen molar-refractivity contribution >= 4 is 0 Å². The molecule has 0 radical (unpaired) electrons. The van der Waals surface area contributed by atoms with Crippen molar-refractivity contribution < 1.29 is 20.3 Å². The maximum Gasteiger partial charge on any atom is 1.00 e. The predicted molar refractivity (Wildman–Crippen MR) is 46.8 cm³/mol. The van der Waals surface area contributed by atoms with Crippen LogP contribution >= 0.6 is 0 Å². The van der Waals surface area contributed by atoms with Gasteiger partial charge >= 0.3 is 18.9 Å². The van der Waals surface area contributed by atoms with Gasteiger partial charge in [-0.3, -0.25) is 0 Å². The second-order valence-electron chi connectivity index (χ2n) is 2.98. The second-order valence-corrected chi connectivity index (χ2v) is 2.98. The van der Waals surface area contributed by atoms with Crippen molar-refractivity contribution in [2.75, 3.05) is 0 Å². The van der Waals surface area contributed by atoms with Crippen LogP contribution in [0.15, 0.2) is 12.4 Å². The van der Waals surface area contributed by atoms with E-state index < -0.39 is 0 Å². The molecule has 2 N–H and O–H groups in total. The average Bonchev–Trinajstić information content (AvgIpc) is 1.79. The van der Waals surface area contributed by atoms with E-state index in [2.05, 4.69) is 38.3 Å². The molecule has 0 aromatic carbocycles. The average molecular weight is 150 g/mol. The van der Waals surface area contributed by atoms with Crippen LogP contribution in [0.5, 0.6) is 0 Å². The van der Waals surface area contributed by atoms with Gasteiger partial charge in [0.05, 0.1) is 0 Å². The molecule has 11 heavy (non-hydrogen) atoms. The van der Waals surface area contributed by atoms with Crippen molar-refractivity contribution in [3.05, 3.63) is 12.4 Å². The summed E-state index contributed by atoms with van der Waals surface area (Å²) in [4.78, 5) is 0. The van der Waals surface area contributed by atoms with Crippen molar-refractivity contribution in [3.8, 4) is 0 Å². The Labute approximate surface area is 83.5 Å². The van der Waals surface area contributed by atoms with E-state index >= 15 is 0 Å². The molecule has 0 aromatic heterocycles. The Kier molecular flexibility index (Phi) is 9.88. The summed E-state index contributed by atoms with van der Waals surface area (Å²) in [5.41, 5.74) is 0. The molecule has 0 spiro atoms. The van der Waals surface area contributed by atoms with Crippen LogP contribution in [-0.2, 0) is 0 Å². The van der Waals surface area contributed by atoms with E-state index in [0.29, 0.717) is 12.1 Å². The normalized spacial score (nSPS) is 10.4. The van der Waals surface area contributed by atoms with Crippen LogP contribution < -0.4 is 29.5 Å². The molecule has 0 aliphatic heterocycles. The van der Waals surface area contributed by atoms with Crippen molar-refractivity contribution in [2.24, 2.45) is 0 Å². The van der Waals surface area contributed by atoms with Gasteiger partial charge in [0.1, 0.15) is 0 Å². The van der Waals surface area contributed by atoms with E-state index in [4.69, 9.17) is 0 Å². The van der Waals surface area contributed by atoms with Crippen molar-refractivity contribution in [1.82, 2.24) is 10.6 Å². The largest absolute Gasteiger partial charge is 1.00 e. The first kappa shape index (κ1) is 13.5. The predicted octanol–water partition coefficient (Wildman–Crippen LogP) is -1.43. The molecule has 0 unspecified atom stereocenters. The quantitative estimate of drug-likeness (QED) is 0.480. The monoisotopic (exact) mass is 150 g/mol. The Bertz CT molecular complexity index is 93.2. The number of hydrogen-bond donors (Lipinski definition) is 2. The van der Waals surface area contributed by atoms with E-state index in [1.807, 2.05) is 12.4 Å². The Morgan fingerprint density at radius 1 is 0.909 bits per heavy atom. The SMILES string of the molecule is CC(C)N/C=C/NC(C)C.[H-].[Li+]. The van der Waals surface area contributed by atoms with Gasteiger partial charge in [-0.15, -0.1) is 0 Å². The summed E-state index contributed by atoms with van der Waals surface area (Å²) in [6.45, 7) is 8.44. The molecular weight excluding hydrogens is 131 g/mol. The molecule has 0 aromatic rings. The van der Waals surface area contributed by atoms with Gasteiger partial charge in [0.2, 0.25) is 0 Å². The Morgan fingerprint density at radius 3 is 1.36 bits per heavy atom. The van der Waals surface area contributed by atoms with Gasteiger partial charge in [0, 0.05) is 24.5 Å². The van der Waals surface area contributed by atoms with Gasteiger partial charge in [-0.2, -0.15) is 0 Å². The summed E-state index contributed by atoms with van der Waals surface area (Å²) >= 11 is 0. The molecule has 0 fully saturated rings. The molecule has 0 atom stereocenters. The van der Waals surface area contributed by atoms with Crippen LogP contribution in [0.25, 0.3) is 0 Å². The molecule has 2 nitrogen and oxygen atoms in total. The van der Waals surface area contributed by atoms with E-state index in [1.54, 1.807) is 0 Å². The van der Waals surface area contributed by atoms with Crippen LogP contribution in [0.3, 0.4) is 0 Å². The van der Waals surface area contributed by atoms with Gasteiger partial charge < -0.3 is 12.1 Å². The van der Waals surface area contributed by atoms with E-state index in [9.17, 15) is 0 Å². The van der Waals surface area contributed by atoms with Gasteiger partial charge in [0.25, 0.3) is 0 Å². The summed E-state index contributed by atoms with van der Waals surface area (Å²) in [6.07, 6.45) is 3.87. The summed E-state index contributed by atoms with van der Waals surface area (Å²) < 4.78 is 0. The van der Waals surface area contributed by atoms with Crippen LogP contribution in [0.4, 0.5) is 0 Å². The topological polar surface area (TPSA) is 24.1 Å². The van der Waals surface area contributed by atoms with Crippen LogP contribution in [0, 0.1) is 0 Å². The zero-order valence-electron chi connectivity index (χ0n) is 9.31. The fourth-order valence-corrected chi connectivity index (χ4v) is 0.481. The van der Waals surface area contributed by atoms with Crippen LogP contribution in [0.1, 0.15) is 29.1 Å². The summed E-state index contributed by atoms with van der Waals surface area (Å²) in [6, 6.07) is 1.04. The van der Waals surface area contributed by atoms with Crippen LogP contribution in [-0.4, -0.2) is 12.1 Å². The molecule has 0 saturated heterocycles. The second kappa shape index (κ2) is 8.04. The molecule has 0 rings (SSSR count). The fraction of sp³-hybridized carbons (Fsp3) is 0.750. The van der Waals surface area contributed by atoms with Crippen molar-refractivity contribution in [2.45, 2.75) is 39.8 Å². The van der Waals surface area contributed by atoms with Gasteiger partial charge in [-0.05, 0) is 27.7 Å². The Balaban J connectivity index is -0.000000405. The maximum absolute atomic E-state index is 3.16. The minimum absolute atomic E-state index is 0. The third-order valence-electron chi connectivity index (χ3n) is 0.942. The zero-order valence-corrected chi connectivity index (χ0v) is 8.31. The van der Waals surface area contributed by atoms with Crippen molar-refractivity contribution in [1.29, 1.82) is 0 Å². The number of rotatable bonds is 4. The van der Waals surface area contributed by atoms with Crippen molar-refractivity contribution in [3.63, 3.8) is 0 Å². The van der Waals surface area contributed by atoms with E-state index in [0.717, 1.165) is 0 Å². The summed E-state index contributed by atoms with van der Waals surface area (Å²) in [5, 5.41) is 6.32. The fourth-order valence-electron chi connectivity index (χ4n) is 0.481. The number of nitrogens with one attached hydrogen (secondary N) is 2. The molecule has 0 heterocycles. The molecule has 0 bridgehead atoms. The first-order valence-electron chi connectivity index (χ1n) is 3.80. The summed E-state index contributed by atoms with van der Waals surface area (Å²) in [5.74, 6) is 0. The zero-order chi connectivity index (χ0) is 7.98. The van der Waals surface area contributed by atoms with E-state index in [1.165, 1.54) is 0 Å². The molecule has 3 heteroatoms. The van der Waals surface area contributed by atoms with E-state index in [-0.39, 0.29) is 20.3 Å². The summed E-state index contributed by atoms with van der Waals surface area (Å²) in [7, 11) is 0. The molecule has 0 aliphatic carbocycles. The minimum atomic E-state index is 0. The maximum atomic E-state index is 3.16. The number of hydrogen-bond acceptors (Lipinski definition) is 2. The Hall–Kier alpha value is -0.0626. The molecule has 0 aliphatic rings. The minimum Gasteiger partial charge on any atom is -1.00 e. The smallest absolute Gasteiger partial charge is 1.00 e. The first-order chi connectivity index (χ1) is 4.63. The third-order valence-corrected chi connectivity index (χ3v) is 0.942. The van der Waals surface area contributed by atoms with Crippen LogP contribution in [0.2, 0.25) is 0 Å². The van der Waals surface area contributed by atoms with Gasteiger partial charge in [0.15, 0.2) is 0 Å². The molecule has 62 valence electrons. The van der Waals surface area contributed by atoms with Gasteiger partial charge in [-0.25, -0.2) is 0 Å².